The van der Waals surface area contributed by atoms with Crippen LogP contribution in [0.15, 0.2) is 30.3 Å². The van der Waals surface area contributed by atoms with Crippen LogP contribution in [0.1, 0.15) is 49.7 Å². The molecule has 1 aromatic heterocycles. The van der Waals surface area contributed by atoms with Gasteiger partial charge in [0.15, 0.2) is 0 Å². The van der Waals surface area contributed by atoms with Crippen molar-refractivity contribution in [2.45, 2.75) is 19.3 Å². The highest BCUT2D eigenvalue weighted by molar-refractivity contribution is 7.18. The molecule has 158 valence electrons. The Kier molecular flexibility index (Phi) is 5.70. The number of piperidine rings is 1. The Hall–Kier alpha value is -2.22. The number of hydrogen-bond donors (Lipinski definition) is 1. The summed E-state index contributed by atoms with van der Waals surface area (Å²) < 4.78 is 1.54. The summed E-state index contributed by atoms with van der Waals surface area (Å²) in [5.74, 6) is -0.427. The third kappa shape index (κ3) is 4.15. The van der Waals surface area contributed by atoms with E-state index in [9.17, 15) is 14.4 Å². The molecular formula is C22H25ClN3O3S+. The van der Waals surface area contributed by atoms with E-state index in [0.29, 0.717) is 32.9 Å². The molecule has 1 saturated heterocycles. The van der Waals surface area contributed by atoms with Crippen LogP contribution < -0.4 is 5.32 Å². The first-order chi connectivity index (χ1) is 14.2. The van der Waals surface area contributed by atoms with Crippen molar-refractivity contribution < 1.29 is 18.9 Å². The van der Waals surface area contributed by atoms with Crippen LogP contribution in [0, 0.1) is 5.92 Å². The summed E-state index contributed by atoms with van der Waals surface area (Å²) in [5.41, 5.74) is 0.989. The molecule has 2 aliphatic heterocycles. The highest BCUT2D eigenvalue weighted by atomic mass is 35.5. The van der Waals surface area contributed by atoms with E-state index >= 15 is 0 Å². The lowest BCUT2D eigenvalue weighted by molar-refractivity contribution is -0.896. The Balaban J connectivity index is 1.46. The first-order valence-corrected chi connectivity index (χ1v) is 11.3. The summed E-state index contributed by atoms with van der Waals surface area (Å²) >= 11 is 7.07. The van der Waals surface area contributed by atoms with Gasteiger partial charge < -0.3 is 9.80 Å². The number of thiophene rings is 1. The fraction of sp³-hybridized carbons (Fsp3) is 0.409. The predicted octanol–water partition coefficient (Wildman–Crippen LogP) is 4.13. The van der Waals surface area contributed by atoms with Gasteiger partial charge >= 0.3 is 0 Å². The Morgan fingerprint density at radius 3 is 2.57 bits per heavy atom. The smallest absolute Gasteiger partial charge is 0.265 e. The number of nitrogens with zero attached hydrogens (tertiary/aromatic N) is 2. The van der Waals surface area contributed by atoms with Gasteiger partial charge in [-0.1, -0.05) is 17.7 Å². The molecule has 0 aliphatic carbocycles. The zero-order valence-electron chi connectivity index (χ0n) is 17.1. The summed E-state index contributed by atoms with van der Waals surface area (Å²) in [6.45, 7) is 2.66. The van der Waals surface area contributed by atoms with E-state index in [-0.39, 0.29) is 23.3 Å². The minimum Gasteiger partial charge on any atom is -0.328 e. The highest BCUT2D eigenvalue weighted by Gasteiger charge is 2.38. The van der Waals surface area contributed by atoms with Crippen molar-refractivity contribution in [2.24, 2.45) is 5.92 Å². The summed E-state index contributed by atoms with van der Waals surface area (Å²) in [5, 5.41) is 2.77. The van der Waals surface area contributed by atoms with Gasteiger partial charge in [0.2, 0.25) is 0 Å². The standard InChI is InChI=1S/C22H24ClN3O3S/c1-26(2)12-9-14(10-13-26)8-11-25-21(28)15-4-3-5-16(19(15)22(25)29)24-20(27)17-6-7-18(23)30-17/h3-7,14H,8-13H2,1-2H3/p+1. The largest absolute Gasteiger partial charge is 0.328 e. The van der Waals surface area contributed by atoms with Crippen LogP contribution >= 0.6 is 22.9 Å². The second kappa shape index (κ2) is 8.13. The van der Waals surface area contributed by atoms with Crippen molar-refractivity contribution in [1.82, 2.24) is 4.90 Å². The number of carbonyl (C=O) groups excluding carboxylic acids is 3. The molecular weight excluding hydrogens is 422 g/mol. The van der Waals surface area contributed by atoms with Crippen molar-refractivity contribution in [2.75, 3.05) is 39.0 Å². The number of carbonyl (C=O) groups is 3. The van der Waals surface area contributed by atoms with Gasteiger partial charge in [0.1, 0.15) is 0 Å². The summed E-state index contributed by atoms with van der Waals surface area (Å²) in [4.78, 5) is 40.2. The van der Waals surface area contributed by atoms with Gasteiger partial charge in [0, 0.05) is 6.54 Å². The first kappa shape index (κ1) is 21.0. The van der Waals surface area contributed by atoms with Crippen LogP contribution in [0.4, 0.5) is 5.69 Å². The molecule has 0 spiro atoms. The second-order valence-corrected chi connectivity index (χ2v) is 10.4. The minimum atomic E-state index is -0.345. The fourth-order valence-electron chi connectivity index (χ4n) is 4.18. The zero-order valence-corrected chi connectivity index (χ0v) is 18.7. The number of imide groups is 1. The average molecular weight is 447 g/mol. The lowest BCUT2D eigenvalue weighted by Crippen LogP contribution is -2.46. The maximum absolute atomic E-state index is 13.1. The van der Waals surface area contributed by atoms with Gasteiger partial charge in [0.05, 0.1) is 53.2 Å². The molecule has 0 radical (unpaired) electrons. The van der Waals surface area contributed by atoms with Gasteiger partial charge in [-0.15, -0.1) is 11.3 Å². The zero-order chi connectivity index (χ0) is 21.5. The molecule has 8 heteroatoms. The van der Waals surface area contributed by atoms with E-state index in [1.807, 2.05) is 0 Å². The predicted molar refractivity (Wildman–Crippen MR) is 118 cm³/mol. The summed E-state index contributed by atoms with van der Waals surface area (Å²) in [6.07, 6.45) is 3.04. The van der Waals surface area contributed by atoms with E-state index in [0.717, 1.165) is 48.2 Å². The number of anilines is 1. The number of halogens is 1. The molecule has 0 bridgehead atoms. The van der Waals surface area contributed by atoms with E-state index < -0.39 is 0 Å². The van der Waals surface area contributed by atoms with Crippen LogP contribution in [-0.4, -0.2) is 60.8 Å². The number of nitrogens with one attached hydrogen (secondary N) is 1. The summed E-state index contributed by atoms with van der Waals surface area (Å²) in [6, 6.07) is 8.27. The third-order valence-electron chi connectivity index (χ3n) is 6.09. The SMILES string of the molecule is C[N+]1(C)CCC(CCN2C(=O)c3cccc(NC(=O)c4ccc(Cl)s4)c3C2=O)CC1. The molecule has 3 heterocycles. The molecule has 1 aromatic carbocycles. The topological polar surface area (TPSA) is 66.5 Å². The van der Waals surface area contributed by atoms with E-state index in [4.69, 9.17) is 11.6 Å². The third-order valence-corrected chi connectivity index (χ3v) is 7.32. The molecule has 1 fully saturated rings. The number of benzene rings is 1. The number of quaternary nitrogens is 1. The maximum atomic E-state index is 13.1. The number of rotatable bonds is 5. The molecule has 0 saturated carbocycles. The second-order valence-electron chi connectivity index (χ2n) is 8.66. The van der Waals surface area contributed by atoms with Gasteiger partial charge in [-0.05, 0) is 49.4 Å². The van der Waals surface area contributed by atoms with Crippen LogP contribution in [0.3, 0.4) is 0 Å². The molecule has 0 atom stereocenters. The molecule has 6 nitrogen and oxygen atoms in total. The average Bonchev–Trinajstić information content (AvgIpc) is 3.24. The van der Waals surface area contributed by atoms with Gasteiger partial charge in [-0.2, -0.15) is 0 Å². The van der Waals surface area contributed by atoms with Crippen molar-refractivity contribution >= 4 is 46.3 Å². The monoisotopic (exact) mass is 446 g/mol. The Morgan fingerprint density at radius 2 is 1.90 bits per heavy atom. The van der Waals surface area contributed by atoms with Crippen LogP contribution in [0.2, 0.25) is 4.34 Å². The first-order valence-electron chi connectivity index (χ1n) is 10.1. The Bertz CT molecular complexity index is 1010. The van der Waals surface area contributed by atoms with Crippen LogP contribution in [-0.2, 0) is 0 Å². The van der Waals surface area contributed by atoms with Gasteiger partial charge in [-0.25, -0.2) is 0 Å². The Morgan fingerprint density at radius 1 is 1.17 bits per heavy atom. The quantitative estimate of drug-likeness (QED) is 0.554. The Labute approximate surface area is 185 Å². The lowest BCUT2D eigenvalue weighted by atomic mass is 9.92. The van der Waals surface area contributed by atoms with Crippen molar-refractivity contribution in [3.05, 3.63) is 50.7 Å². The molecule has 2 aliphatic rings. The highest BCUT2D eigenvalue weighted by Crippen LogP contribution is 2.32. The molecule has 2 aromatic rings. The normalized spacial score (nSPS) is 18.6. The maximum Gasteiger partial charge on any atom is 0.265 e. The molecule has 30 heavy (non-hydrogen) atoms. The van der Waals surface area contributed by atoms with E-state index in [1.54, 1.807) is 30.3 Å². The fourth-order valence-corrected chi connectivity index (χ4v) is 5.12. The van der Waals surface area contributed by atoms with E-state index in [1.165, 1.54) is 4.90 Å². The number of amides is 3. The molecule has 0 unspecified atom stereocenters. The van der Waals surface area contributed by atoms with Gasteiger partial charge in [0.25, 0.3) is 17.7 Å². The number of hydrogen-bond acceptors (Lipinski definition) is 4. The molecule has 1 N–H and O–H groups in total. The molecule has 4 rings (SSSR count). The van der Waals surface area contributed by atoms with Crippen LogP contribution in [0.5, 0.6) is 0 Å². The van der Waals surface area contributed by atoms with E-state index in [2.05, 4.69) is 19.4 Å². The minimum absolute atomic E-state index is 0.278. The van der Waals surface area contributed by atoms with Crippen molar-refractivity contribution in [3.63, 3.8) is 0 Å². The van der Waals surface area contributed by atoms with Crippen molar-refractivity contribution in [3.8, 4) is 0 Å². The summed E-state index contributed by atoms with van der Waals surface area (Å²) in [7, 11) is 4.47. The number of likely N-dealkylation sites (tertiary alicyclic amines) is 1. The van der Waals surface area contributed by atoms with Gasteiger partial charge in [-0.3, -0.25) is 19.3 Å². The molecule has 3 amide bonds. The lowest BCUT2D eigenvalue weighted by Gasteiger charge is -2.37. The number of fused-ring (bicyclic) bond motifs is 1. The van der Waals surface area contributed by atoms with Crippen molar-refractivity contribution in [1.29, 1.82) is 0 Å². The van der Waals surface area contributed by atoms with Crippen LogP contribution in [0.25, 0.3) is 0 Å².